The number of carboxylic acid groups (broad SMARTS) is 1. The Bertz CT molecular complexity index is 94.2. The van der Waals surface area contributed by atoms with Gasteiger partial charge in [0.05, 0.1) is 0 Å². The van der Waals surface area contributed by atoms with Crippen LogP contribution in [-0.2, 0) is 0 Å². The molecule has 0 spiro atoms. The highest BCUT2D eigenvalue weighted by molar-refractivity contribution is 5.64. The number of hydrogen-bond acceptors (Lipinski definition) is 2. The molecule has 1 atom stereocenters. The highest BCUT2D eigenvalue weighted by Crippen LogP contribution is 1.86. The standard InChI is InChI=1S/C5H11NO3/c1-4(2-3-7)6-5(8)9/h4,6-7H,2-3H2,1H3,(H,8,9). The molecule has 0 heterocycles. The lowest BCUT2D eigenvalue weighted by molar-refractivity contribution is 0.187. The first-order valence-electron chi connectivity index (χ1n) is 2.77. The second kappa shape index (κ2) is 4.14. The van der Waals surface area contributed by atoms with Crippen molar-refractivity contribution in [3.63, 3.8) is 0 Å². The van der Waals surface area contributed by atoms with Crippen molar-refractivity contribution < 1.29 is 15.0 Å². The van der Waals surface area contributed by atoms with Crippen molar-refractivity contribution in [2.75, 3.05) is 6.61 Å². The Labute approximate surface area is 53.5 Å². The molecule has 0 aliphatic rings. The van der Waals surface area contributed by atoms with Crippen LogP contribution >= 0.6 is 0 Å². The minimum Gasteiger partial charge on any atom is -0.465 e. The largest absolute Gasteiger partial charge is 0.465 e. The molecule has 0 aromatic rings. The molecule has 0 saturated heterocycles. The SMILES string of the molecule is CC(CCO)NC(=O)O. The Balaban J connectivity index is 3.26. The third kappa shape index (κ3) is 5.10. The van der Waals surface area contributed by atoms with Crippen LogP contribution in [0.4, 0.5) is 4.79 Å². The van der Waals surface area contributed by atoms with Crippen LogP contribution in [-0.4, -0.2) is 29.0 Å². The van der Waals surface area contributed by atoms with Crippen LogP contribution in [0.3, 0.4) is 0 Å². The summed E-state index contributed by atoms with van der Waals surface area (Å²) in [6, 6.07) is -0.160. The third-order valence-corrected chi connectivity index (χ3v) is 0.932. The molecule has 0 radical (unpaired) electrons. The van der Waals surface area contributed by atoms with E-state index in [2.05, 4.69) is 5.32 Å². The lowest BCUT2D eigenvalue weighted by Gasteiger charge is -2.07. The molecule has 0 rings (SSSR count). The van der Waals surface area contributed by atoms with Crippen molar-refractivity contribution >= 4 is 6.09 Å². The van der Waals surface area contributed by atoms with Crippen LogP contribution in [0.2, 0.25) is 0 Å². The van der Waals surface area contributed by atoms with Gasteiger partial charge in [-0.2, -0.15) is 0 Å². The summed E-state index contributed by atoms with van der Waals surface area (Å²) in [6.45, 7) is 1.71. The van der Waals surface area contributed by atoms with Gasteiger partial charge in [0.2, 0.25) is 0 Å². The number of aliphatic hydroxyl groups is 1. The predicted molar refractivity (Wildman–Crippen MR) is 32.3 cm³/mol. The van der Waals surface area contributed by atoms with E-state index in [1.165, 1.54) is 0 Å². The Morgan fingerprint density at radius 2 is 2.33 bits per heavy atom. The van der Waals surface area contributed by atoms with Crippen LogP contribution in [0, 0.1) is 0 Å². The first-order valence-corrected chi connectivity index (χ1v) is 2.77. The number of aliphatic hydroxyl groups excluding tert-OH is 1. The van der Waals surface area contributed by atoms with E-state index in [0.717, 1.165) is 0 Å². The maximum atomic E-state index is 9.89. The van der Waals surface area contributed by atoms with Gasteiger partial charge in [-0.3, -0.25) is 0 Å². The summed E-state index contributed by atoms with van der Waals surface area (Å²) in [7, 11) is 0. The van der Waals surface area contributed by atoms with Gasteiger partial charge in [-0.05, 0) is 13.3 Å². The second-order valence-electron chi connectivity index (χ2n) is 1.86. The number of rotatable bonds is 3. The van der Waals surface area contributed by atoms with Gasteiger partial charge in [-0.15, -0.1) is 0 Å². The molecule has 0 aliphatic heterocycles. The van der Waals surface area contributed by atoms with Gasteiger partial charge in [0.25, 0.3) is 0 Å². The molecular formula is C5H11NO3. The van der Waals surface area contributed by atoms with Gasteiger partial charge >= 0.3 is 6.09 Å². The van der Waals surface area contributed by atoms with Crippen molar-refractivity contribution in [2.45, 2.75) is 19.4 Å². The number of carbonyl (C=O) groups is 1. The first kappa shape index (κ1) is 8.23. The number of hydrogen-bond donors (Lipinski definition) is 3. The summed E-state index contributed by atoms with van der Waals surface area (Å²) in [5.74, 6) is 0. The van der Waals surface area contributed by atoms with Gasteiger partial charge in [0, 0.05) is 12.6 Å². The summed E-state index contributed by atoms with van der Waals surface area (Å²) >= 11 is 0. The van der Waals surface area contributed by atoms with E-state index in [1.807, 2.05) is 0 Å². The molecule has 0 saturated carbocycles. The molecule has 0 aromatic carbocycles. The second-order valence-corrected chi connectivity index (χ2v) is 1.86. The predicted octanol–water partition coefficient (Wildman–Crippen LogP) is 0.0249. The summed E-state index contributed by atoms with van der Waals surface area (Å²) in [6.07, 6.45) is -0.581. The molecule has 0 bridgehead atoms. The molecule has 9 heavy (non-hydrogen) atoms. The lowest BCUT2D eigenvalue weighted by atomic mass is 10.2. The van der Waals surface area contributed by atoms with Gasteiger partial charge in [-0.25, -0.2) is 4.79 Å². The van der Waals surface area contributed by atoms with E-state index >= 15 is 0 Å². The van der Waals surface area contributed by atoms with E-state index in [9.17, 15) is 4.79 Å². The fourth-order valence-electron chi connectivity index (χ4n) is 0.477. The monoisotopic (exact) mass is 133 g/mol. The minimum absolute atomic E-state index is 0.0153. The highest BCUT2D eigenvalue weighted by Gasteiger charge is 2.01. The van der Waals surface area contributed by atoms with Crippen molar-refractivity contribution in [1.29, 1.82) is 0 Å². The van der Waals surface area contributed by atoms with Crippen molar-refractivity contribution in [1.82, 2.24) is 5.32 Å². The number of amides is 1. The van der Waals surface area contributed by atoms with Gasteiger partial charge < -0.3 is 15.5 Å². The van der Waals surface area contributed by atoms with Crippen LogP contribution in [0.5, 0.6) is 0 Å². The van der Waals surface area contributed by atoms with Gasteiger partial charge in [-0.1, -0.05) is 0 Å². The van der Waals surface area contributed by atoms with E-state index in [0.29, 0.717) is 6.42 Å². The maximum Gasteiger partial charge on any atom is 0.404 e. The van der Waals surface area contributed by atoms with E-state index in [-0.39, 0.29) is 12.6 Å². The van der Waals surface area contributed by atoms with Crippen molar-refractivity contribution in [3.05, 3.63) is 0 Å². The minimum atomic E-state index is -1.05. The molecule has 4 heteroatoms. The molecule has 0 aromatic heterocycles. The van der Waals surface area contributed by atoms with Crippen LogP contribution in [0.1, 0.15) is 13.3 Å². The molecular weight excluding hydrogens is 122 g/mol. The van der Waals surface area contributed by atoms with Gasteiger partial charge in [0.15, 0.2) is 0 Å². The molecule has 1 unspecified atom stereocenters. The third-order valence-electron chi connectivity index (χ3n) is 0.932. The zero-order valence-electron chi connectivity index (χ0n) is 5.29. The van der Waals surface area contributed by atoms with Crippen LogP contribution in [0.25, 0.3) is 0 Å². The van der Waals surface area contributed by atoms with Gasteiger partial charge in [0.1, 0.15) is 0 Å². The fraction of sp³-hybridized carbons (Fsp3) is 0.800. The summed E-state index contributed by atoms with van der Waals surface area (Å²) < 4.78 is 0. The van der Waals surface area contributed by atoms with Crippen molar-refractivity contribution in [2.24, 2.45) is 0 Å². The Hall–Kier alpha value is -0.770. The zero-order valence-corrected chi connectivity index (χ0v) is 5.29. The topological polar surface area (TPSA) is 69.6 Å². The summed E-state index contributed by atoms with van der Waals surface area (Å²) in [5, 5.41) is 18.6. The number of nitrogens with one attached hydrogen (secondary N) is 1. The Morgan fingerprint density at radius 1 is 1.78 bits per heavy atom. The maximum absolute atomic E-state index is 9.89. The molecule has 0 fully saturated rings. The molecule has 0 aliphatic carbocycles. The Kier molecular flexibility index (Phi) is 3.79. The van der Waals surface area contributed by atoms with E-state index < -0.39 is 6.09 Å². The van der Waals surface area contributed by atoms with Crippen LogP contribution in [0.15, 0.2) is 0 Å². The summed E-state index contributed by atoms with van der Waals surface area (Å²) in [5.41, 5.74) is 0. The fourth-order valence-corrected chi connectivity index (χ4v) is 0.477. The molecule has 4 nitrogen and oxygen atoms in total. The smallest absolute Gasteiger partial charge is 0.404 e. The average molecular weight is 133 g/mol. The quantitative estimate of drug-likeness (QED) is 0.508. The van der Waals surface area contributed by atoms with Crippen LogP contribution < -0.4 is 5.32 Å². The lowest BCUT2D eigenvalue weighted by Crippen LogP contribution is -2.31. The molecule has 54 valence electrons. The van der Waals surface area contributed by atoms with E-state index in [1.54, 1.807) is 6.92 Å². The molecule has 1 amide bonds. The zero-order chi connectivity index (χ0) is 7.28. The summed E-state index contributed by atoms with van der Waals surface area (Å²) in [4.78, 5) is 9.89. The Morgan fingerprint density at radius 3 is 2.67 bits per heavy atom. The van der Waals surface area contributed by atoms with Crippen molar-refractivity contribution in [3.8, 4) is 0 Å². The molecule has 3 N–H and O–H groups in total. The van der Waals surface area contributed by atoms with E-state index in [4.69, 9.17) is 10.2 Å². The highest BCUT2D eigenvalue weighted by atomic mass is 16.4. The first-order chi connectivity index (χ1) is 4.16. The normalized spacial score (nSPS) is 12.7. The average Bonchev–Trinajstić information content (AvgIpc) is 1.63.